The molecule has 1 heteroatoms. The molecule has 1 aliphatic heterocycles. The smallest absolute Gasteiger partial charge is 0.0199 e. The Labute approximate surface area is 82.8 Å². The summed E-state index contributed by atoms with van der Waals surface area (Å²) < 4.78 is 0. The van der Waals surface area contributed by atoms with Crippen LogP contribution < -0.4 is 0 Å². The maximum absolute atomic E-state index is 2.62. The Bertz CT molecular complexity index is 173. The van der Waals surface area contributed by atoms with Crippen molar-refractivity contribution in [3.63, 3.8) is 0 Å². The van der Waals surface area contributed by atoms with E-state index in [-0.39, 0.29) is 0 Å². The first-order valence-corrected chi connectivity index (χ1v) is 5.46. The van der Waals surface area contributed by atoms with Crippen molar-refractivity contribution in [3.05, 3.63) is 11.6 Å². The first kappa shape index (κ1) is 10.8. The molecule has 1 saturated heterocycles. The topological polar surface area (TPSA) is 3.24 Å². The minimum absolute atomic E-state index is 0.685. The molecular weight excluding hydrogens is 158 g/mol. The summed E-state index contributed by atoms with van der Waals surface area (Å²) in [5.74, 6) is 0.778. The fourth-order valence-electron chi connectivity index (χ4n) is 2.20. The van der Waals surface area contributed by atoms with E-state index in [2.05, 4.69) is 45.6 Å². The largest absolute Gasteiger partial charge is 0.293 e. The highest BCUT2D eigenvalue weighted by molar-refractivity contribution is 5.12. The summed E-state index contributed by atoms with van der Waals surface area (Å²) in [5.41, 5.74) is 1.62. The van der Waals surface area contributed by atoms with Gasteiger partial charge in [-0.05, 0) is 33.1 Å². The summed E-state index contributed by atoms with van der Waals surface area (Å²) in [6.07, 6.45) is 3.57. The van der Waals surface area contributed by atoms with Gasteiger partial charge in [-0.2, -0.15) is 0 Å². The van der Waals surface area contributed by atoms with Crippen LogP contribution in [0, 0.1) is 5.92 Å². The Hall–Kier alpha value is -0.300. The second-order valence-electron chi connectivity index (χ2n) is 4.73. The summed E-state index contributed by atoms with van der Waals surface area (Å²) in [5, 5.41) is 0. The molecule has 0 bridgehead atoms. The van der Waals surface area contributed by atoms with Gasteiger partial charge in [-0.15, -0.1) is 0 Å². The average molecular weight is 181 g/mol. The number of hydrogen-bond donors (Lipinski definition) is 0. The molecule has 1 rings (SSSR count). The highest BCUT2D eigenvalue weighted by Gasteiger charge is 2.30. The van der Waals surface area contributed by atoms with Crippen LogP contribution in [0.1, 0.15) is 41.0 Å². The van der Waals surface area contributed by atoms with E-state index >= 15 is 0 Å². The first-order valence-electron chi connectivity index (χ1n) is 5.46. The molecule has 13 heavy (non-hydrogen) atoms. The van der Waals surface area contributed by atoms with Crippen LogP contribution in [0.3, 0.4) is 0 Å². The zero-order valence-electron chi connectivity index (χ0n) is 9.67. The zero-order valence-corrected chi connectivity index (χ0v) is 9.67. The van der Waals surface area contributed by atoms with E-state index in [0.717, 1.165) is 12.0 Å². The van der Waals surface area contributed by atoms with Crippen molar-refractivity contribution < 1.29 is 0 Å². The van der Waals surface area contributed by atoms with E-state index in [0.29, 0.717) is 6.04 Å². The normalized spacial score (nSPS) is 28.2. The lowest BCUT2D eigenvalue weighted by atomic mass is 10.00. The summed E-state index contributed by atoms with van der Waals surface area (Å²) >= 11 is 0. The van der Waals surface area contributed by atoms with Crippen molar-refractivity contribution in [2.45, 2.75) is 53.1 Å². The predicted octanol–water partition coefficient (Wildman–Crippen LogP) is 3.07. The van der Waals surface area contributed by atoms with Crippen LogP contribution in [0.15, 0.2) is 11.6 Å². The molecule has 1 heterocycles. The Morgan fingerprint density at radius 1 is 1.31 bits per heavy atom. The Morgan fingerprint density at radius 2 is 1.92 bits per heavy atom. The van der Waals surface area contributed by atoms with E-state index in [1.165, 1.54) is 13.0 Å². The van der Waals surface area contributed by atoms with Crippen molar-refractivity contribution in [1.82, 2.24) is 4.90 Å². The highest BCUT2D eigenvalue weighted by atomic mass is 15.2. The third-order valence-corrected chi connectivity index (χ3v) is 3.12. The molecule has 0 saturated carbocycles. The van der Waals surface area contributed by atoms with Gasteiger partial charge in [0.2, 0.25) is 0 Å². The molecule has 0 aromatic rings. The van der Waals surface area contributed by atoms with E-state index < -0.39 is 0 Å². The molecule has 0 aromatic heterocycles. The lowest BCUT2D eigenvalue weighted by Gasteiger charge is -2.30. The van der Waals surface area contributed by atoms with Gasteiger partial charge in [0.05, 0.1) is 0 Å². The first-order chi connectivity index (χ1) is 6.06. The van der Waals surface area contributed by atoms with Crippen molar-refractivity contribution in [1.29, 1.82) is 0 Å². The minimum atomic E-state index is 0.685. The molecule has 76 valence electrons. The molecule has 0 radical (unpaired) electrons. The molecule has 1 atom stereocenters. The zero-order chi connectivity index (χ0) is 10.0. The van der Waals surface area contributed by atoms with Crippen LogP contribution in [0.25, 0.3) is 0 Å². The third-order valence-electron chi connectivity index (χ3n) is 3.12. The highest BCUT2D eigenvalue weighted by Crippen LogP contribution is 2.29. The second kappa shape index (κ2) is 4.28. The van der Waals surface area contributed by atoms with Crippen LogP contribution in [0.5, 0.6) is 0 Å². The third kappa shape index (κ3) is 2.34. The number of allylic oxidation sites excluding steroid dienone is 1. The summed E-state index contributed by atoms with van der Waals surface area (Å²) in [7, 11) is 0. The summed E-state index contributed by atoms with van der Waals surface area (Å²) in [6, 6.07) is 1.45. The maximum Gasteiger partial charge on any atom is 0.0199 e. The summed E-state index contributed by atoms with van der Waals surface area (Å²) in [4.78, 5) is 2.62. The van der Waals surface area contributed by atoms with Crippen LogP contribution >= 0.6 is 0 Å². The molecule has 0 aromatic carbocycles. The van der Waals surface area contributed by atoms with Gasteiger partial charge in [0.15, 0.2) is 0 Å². The van der Waals surface area contributed by atoms with Gasteiger partial charge in [0, 0.05) is 18.6 Å². The lowest BCUT2D eigenvalue weighted by molar-refractivity contribution is 0.166. The van der Waals surface area contributed by atoms with Crippen molar-refractivity contribution >= 4 is 0 Å². The fraction of sp³-hybridized carbons (Fsp3) is 0.833. The Morgan fingerprint density at radius 3 is 2.23 bits per heavy atom. The maximum atomic E-state index is 2.62. The predicted molar refractivity (Wildman–Crippen MR) is 58.8 cm³/mol. The van der Waals surface area contributed by atoms with Gasteiger partial charge in [-0.1, -0.05) is 25.5 Å². The average Bonchev–Trinajstić information content (AvgIpc) is 2.47. The second-order valence-corrected chi connectivity index (χ2v) is 4.73. The van der Waals surface area contributed by atoms with Gasteiger partial charge in [-0.25, -0.2) is 0 Å². The molecule has 1 fully saturated rings. The Kier molecular flexibility index (Phi) is 3.55. The van der Waals surface area contributed by atoms with E-state index in [4.69, 9.17) is 0 Å². The number of rotatable bonds is 2. The molecule has 1 nitrogen and oxygen atoms in total. The minimum Gasteiger partial charge on any atom is -0.293 e. The van der Waals surface area contributed by atoms with Gasteiger partial charge < -0.3 is 0 Å². The monoisotopic (exact) mass is 181 g/mol. The fourth-order valence-corrected chi connectivity index (χ4v) is 2.20. The SMILES string of the molecule is C/C=C1/C[C@@H](C(C)C)N(C(C)C)C1. The molecular formula is C12H23N. The molecule has 0 amide bonds. The molecule has 0 unspecified atom stereocenters. The quantitative estimate of drug-likeness (QED) is 0.592. The van der Waals surface area contributed by atoms with E-state index in [1.54, 1.807) is 5.57 Å². The molecule has 1 aliphatic rings. The van der Waals surface area contributed by atoms with Crippen LogP contribution in [0.4, 0.5) is 0 Å². The van der Waals surface area contributed by atoms with E-state index in [9.17, 15) is 0 Å². The van der Waals surface area contributed by atoms with Gasteiger partial charge in [-0.3, -0.25) is 4.90 Å². The number of hydrogen-bond acceptors (Lipinski definition) is 1. The van der Waals surface area contributed by atoms with Crippen molar-refractivity contribution in [2.24, 2.45) is 5.92 Å². The van der Waals surface area contributed by atoms with Crippen LogP contribution in [-0.4, -0.2) is 23.5 Å². The van der Waals surface area contributed by atoms with Gasteiger partial charge in [0.25, 0.3) is 0 Å². The standard InChI is InChI=1S/C12H23N/c1-6-11-7-12(9(2)3)13(8-11)10(4)5/h6,9-10,12H,7-8H2,1-5H3/b11-6-/t12-/m0/s1. The van der Waals surface area contributed by atoms with Gasteiger partial charge >= 0.3 is 0 Å². The molecule has 0 aliphatic carbocycles. The molecule has 0 N–H and O–H groups in total. The lowest BCUT2D eigenvalue weighted by Crippen LogP contribution is -2.38. The summed E-state index contributed by atoms with van der Waals surface area (Å²) in [6.45, 7) is 12.6. The number of nitrogens with zero attached hydrogens (tertiary/aromatic N) is 1. The van der Waals surface area contributed by atoms with Crippen molar-refractivity contribution in [2.75, 3.05) is 6.54 Å². The van der Waals surface area contributed by atoms with Gasteiger partial charge in [0.1, 0.15) is 0 Å². The Balaban J connectivity index is 2.71. The van der Waals surface area contributed by atoms with Crippen LogP contribution in [0.2, 0.25) is 0 Å². The van der Waals surface area contributed by atoms with Crippen molar-refractivity contribution in [3.8, 4) is 0 Å². The molecule has 0 spiro atoms. The van der Waals surface area contributed by atoms with E-state index in [1.807, 2.05) is 0 Å². The van der Waals surface area contributed by atoms with Crippen LogP contribution in [-0.2, 0) is 0 Å². The number of likely N-dealkylation sites (tertiary alicyclic amines) is 1.